The Kier molecular flexibility index (Phi) is 5.96. The fourth-order valence-electron chi connectivity index (χ4n) is 2.31. The molecule has 134 valence electrons. The molecule has 2 rings (SSSR count). The van der Waals surface area contributed by atoms with Crippen molar-refractivity contribution in [2.24, 2.45) is 5.10 Å². The van der Waals surface area contributed by atoms with E-state index in [9.17, 15) is 4.79 Å². The smallest absolute Gasteiger partial charge is 0.435 e. The average Bonchev–Trinajstić information content (AvgIpc) is 2.94. The summed E-state index contributed by atoms with van der Waals surface area (Å²) in [4.78, 5) is 14.6. The predicted octanol–water partition coefficient (Wildman–Crippen LogP) is 3.89. The molecule has 0 radical (unpaired) electrons. The predicted molar refractivity (Wildman–Crippen MR) is 102 cm³/mol. The van der Waals surface area contributed by atoms with Gasteiger partial charge >= 0.3 is 6.09 Å². The van der Waals surface area contributed by atoms with E-state index in [0.717, 1.165) is 23.4 Å². The molecule has 0 aromatic heterocycles. The van der Waals surface area contributed by atoms with Crippen LogP contribution in [0, 0.1) is 25.2 Å². The van der Waals surface area contributed by atoms with Crippen molar-refractivity contribution in [2.75, 3.05) is 23.9 Å². The van der Waals surface area contributed by atoms with Gasteiger partial charge in [-0.2, -0.15) is 10.3 Å². The average molecular weight is 360 g/mol. The fourth-order valence-corrected chi connectivity index (χ4v) is 3.28. The molecule has 0 atom stereocenters. The van der Waals surface area contributed by atoms with E-state index in [2.05, 4.69) is 11.2 Å². The number of nitrogens with zero attached hydrogens (tertiary/aromatic N) is 4. The van der Waals surface area contributed by atoms with Crippen LogP contribution in [0.1, 0.15) is 31.9 Å². The summed E-state index contributed by atoms with van der Waals surface area (Å²) in [5.41, 5.74) is 2.10. The number of anilines is 1. The summed E-state index contributed by atoms with van der Waals surface area (Å²) in [7, 11) is 0. The van der Waals surface area contributed by atoms with Crippen molar-refractivity contribution >= 4 is 28.7 Å². The SMILES string of the molecule is Cc1cccc(N(/N=C2/SCCN2CC#N)C(=O)OC(C)(C)C)c1C. The van der Waals surface area contributed by atoms with Gasteiger partial charge in [0, 0.05) is 12.3 Å². The van der Waals surface area contributed by atoms with Gasteiger partial charge in [-0.15, -0.1) is 5.10 Å². The van der Waals surface area contributed by atoms with Crippen molar-refractivity contribution in [1.29, 1.82) is 5.26 Å². The number of amidine groups is 1. The van der Waals surface area contributed by atoms with Gasteiger partial charge < -0.3 is 9.64 Å². The Labute approximate surface area is 153 Å². The highest BCUT2D eigenvalue weighted by atomic mass is 32.2. The molecule has 1 aliphatic rings. The van der Waals surface area contributed by atoms with Gasteiger partial charge in [-0.3, -0.25) is 0 Å². The minimum absolute atomic E-state index is 0.251. The molecule has 0 aliphatic carbocycles. The zero-order chi connectivity index (χ0) is 18.6. The molecular weight excluding hydrogens is 336 g/mol. The molecule has 6 nitrogen and oxygen atoms in total. The van der Waals surface area contributed by atoms with Gasteiger partial charge in [-0.25, -0.2) is 4.79 Å². The molecular formula is C18H24N4O2S. The van der Waals surface area contributed by atoms with E-state index < -0.39 is 11.7 Å². The molecule has 1 fully saturated rings. The van der Waals surface area contributed by atoms with Gasteiger partial charge in [0.2, 0.25) is 0 Å². The van der Waals surface area contributed by atoms with Gasteiger partial charge in [0.15, 0.2) is 5.17 Å². The lowest BCUT2D eigenvalue weighted by Crippen LogP contribution is -2.36. The number of carbonyl (C=O) groups excluding carboxylic acids is 1. The summed E-state index contributed by atoms with van der Waals surface area (Å²) in [6, 6.07) is 7.87. The number of hydrogen-bond donors (Lipinski definition) is 0. The molecule has 1 aromatic carbocycles. The maximum absolute atomic E-state index is 12.8. The van der Waals surface area contributed by atoms with E-state index in [1.54, 1.807) is 0 Å². The normalized spacial score (nSPS) is 16.0. The largest absolute Gasteiger partial charge is 0.442 e. The molecule has 1 heterocycles. The Hall–Kier alpha value is -2.20. The minimum Gasteiger partial charge on any atom is -0.442 e. The van der Waals surface area contributed by atoms with Gasteiger partial charge in [-0.05, 0) is 51.8 Å². The van der Waals surface area contributed by atoms with Crippen LogP contribution in [0.3, 0.4) is 0 Å². The third-order valence-electron chi connectivity index (χ3n) is 3.68. The molecule has 0 unspecified atom stereocenters. The van der Waals surface area contributed by atoms with Gasteiger partial charge in [-0.1, -0.05) is 23.9 Å². The van der Waals surface area contributed by atoms with Crippen LogP contribution in [0.4, 0.5) is 10.5 Å². The van der Waals surface area contributed by atoms with E-state index in [0.29, 0.717) is 10.9 Å². The number of hydrogen-bond acceptors (Lipinski definition) is 5. The van der Waals surface area contributed by atoms with E-state index in [4.69, 9.17) is 10.00 Å². The van der Waals surface area contributed by atoms with E-state index in [-0.39, 0.29) is 6.54 Å². The lowest BCUT2D eigenvalue weighted by atomic mass is 10.1. The maximum atomic E-state index is 12.8. The Morgan fingerprint density at radius 2 is 2.16 bits per heavy atom. The van der Waals surface area contributed by atoms with Crippen LogP contribution in [-0.2, 0) is 4.74 Å². The first-order valence-electron chi connectivity index (χ1n) is 8.15. The van der Waals surface area contributed by atoms with Crippen LogP contribution in [0.15, 0.2) is 23.3 Å². The summed E-state index contributed by atoms with van der Waals surface area (Å²) >= 11 is 1.53. The number of amides is 1. The van der Waals surface area contributed by atoms with Crippen LogP contribution in [0.25, 0.3) is 0 Å². The van der Waals surface area contributed by atoms with E-state index >= 15 is 0 Å². The van der Waals surface area contributed by atoms with Crippen molar-refractivity contribution in [3.8, 4) is 6.07 Å². The van der Waals surface area contributed by atoms with Gasteiger partial charge in [0.25, 0.3) is 0 Å². The number of aryl methyl sites for hydroxylation is 1. The third-order valence-corrected chi connectivity index (χ3v) is 4.67. The Morgan fingerprint density at radius 3 is 2.80 bits per heavy atom. The molecule has 1 aliphatic heterocycles. The lowest BCUT2D eigenvalue weighted by Gasteiger charge is -2.26. The Morgan fingerprint density at radius 1 is 1.44 bits per heavy atom. The second-order valence-electron chi connectivity index (χ2n) is 6.82. The van der Waals surface area contributed by atoms with Crippen molar-refractivity contribution in [1.82, 2.24) is 4.90 Å². The quantitative estimate of drug-likeness (QED) is 0.604. The highest BCUT2D eigenvalue weighted by Crippen LogP contribution is 2.27. The standard InChI is InChI=1S/C18H24N4O2S/c1-13-7-6-8-15(14(13)2)22(17(23)24-18(3,4)5)20-16-21(10-9-19)11-12-25-16/h6-8H,10-12H2,1-5H3/b20-16+. The van der Waals surface area contributed by atoms with E-state index in [1.807, 2.05) is 57.7 Å². The molecule has 1 amide bonds. The number of benzene rings is 1. The molecule has 1 saturated heterocycles. The second-order valence-corrected chi connectivity index (χ2v) is 7.88. The van der Waals surface area contributed by atoms with Crippen molar-refractivity contribution < 1.29 is 9.53 Å². The Balaban J connectivity index is 2.44. The van der Waals surface area contributed by atoms with Crippen molar-refractivity contribution in [3.63, 3.8) is 0 Å². The van der Waals surface area contributed by atoms with Gasteiger partial charge in [0.05, 0.1) is 11.8 Å². The summed E-state index contributed by atoms with van der Waals surface area (Å²) in [5.74, 6) is 0.843. The molecule has 0 N–H and O–H groups in total. The first-order valence-corrected chi connectivity index (χ1v) is 9.14. The summed E-state index contributed by atoms with van der Waals surface area (Å²) in [5, 5.41) is 15.5. The number of nitriles is 1. The van der Waals surface area contributed by atoms with Crippen LogP contribution in [0.2, 0.25) is 0 Å². The van der Waals surface area contributed by atoms with Crippen LogP contribution in [-0.4, -0.2) is 40.6 Å². The molecule has 0 saturated carbocycles. The second kappa shape index (κ2) is 7.79. The first kappa shape index (κ1) is 19.1. The zero-order valence-corrected chi connectivity index (χ0v) is 16.2. The molecule has 0 spiro atoms. The van der Waals surface area contributed by atoms with Gasteiger partial charge in [0.1, 0.15) is 12.1 Å². The summed E-state index contributed by atoms with van der Waals surface area (Å²) < 4.78 is 5.54. The fraction of sp³-hybridized carbons (Fsp3) is 0.500. The van der Waals surface area contributed by atoms with Crippen molar-refractivity contribution in [2.45, 2.75) is 40.2 Å². The zero-order valence-electron chi connectivity index (χ0n) is 15.4. The number of hydrazone groups is 1. The minimum atomic E-state index is -0.623. The maximum Gasteiger partial charge on any atom is 0.435 e. The summed E-state index contributed by atoms with van der Waals surface area (Å²) in [6.07, 6.45) is -0.530. The monoisotopic (exact) mass is 360 g/mol. The van der Waals surface area contributed by atoms with Crippen LogP contribution in [0.5, 0.6) is 0 Å². The molecule has 25 heavy (non-hydrogen) atoms. The Bertz CT molecular complexity index is 719. The van der Waals surface area contributed by atoms with Crippen LogP contribution < -0.4 is 5.01 Å². The number of ether oxygens (including phenoxy) is 1. The highest BCUT2D eigenvalue weighted by Gasteiger charge is 2.28. The molecule has 1 aromatic rings. The lowest BCUT2D eigenvalue weighted by molar-refractivity contribution is 0.0580. The topological polar surface area (TPSA) is 68.9 Å². The molecule has 7 heteroatoms. The summed E-state index contributed by atoms with van der Waals surface area (Å²) in [6.45, 7) is 10.4. The van der Waals surface area contributed by atoms with E-state index in [1.165, 1.54) is 16.8 Å². The highest BCUT2D eigenvalue weighted by molar-refractivity contribution is 8.14. The number of carbonyl (C=O) groups is 1. The number of thioether (sulfide) groups is 1. The molecule has 0 bridgehead atoms. The third kappa shape index (κ3) is 4.89. The number of rotatable bonds is 3. The first-order chi connectivity index (χ1) is 11.7. The van der Waals surface area contributed by atoms with Crippen LogP contribution >= 0.6 is 11.8 Å². The van der Waals surface area contributed by atoms with Crippen molar-refractivity contribution in [3.05, 3.63) is 29.3 Å².